The number of carbonyl (C=O) groups excluding carboxylic acids is 2. The number of hydrogen-bond acceptors (Lipinski definition) is 14. The minimum Gasteiger partial charge on any atom is -0.477 e. The lowest BCUT2D eigenvalue weighted by molar-refractivity contribution is -0.150. The first-order chi connectivity index (χ1) is 27.3. The molecule has 4 heterocycles. The quantitative estimate of drug-likeness (QED) is 0.0307. The summed E-state index contributed by atoms with van der Waals surface area (Å²) in [4.78, 5) is 53.3. The Bertz CT molecular complexity index is 2180. The van der Waals surface area contributed by atoms with Gasteiger partial charge in [0.1, 0.15) is 34.4 Å². The number of hydrogen-bond donors (Lipinski definition) is 4. The van der Waals surface area contributed by atoms with E-state index in [2.05, 4.69) is 67.7 Å². The number of benzene rings is 3. The topological polar surface area (TPSA) is 203 Å². The van der Waals surface area contributed by atoms with Crippen molar-refractivity contribution in [3.8, 4) is 0 Å². The molecule has 0 spiro atoms. The molecular weight excluding hydrogens is 773 g/mol. The van der Waals surface area contributed by atoms with E-state index in [9.17, 15) is 19.5 Å². The van der Waals surface area contributed by atoms with Crippen LogP contribution in [0.2, 0.25) is 0 Å². The maximum absolute atomic E-state index is 14.2. The van der Waals surface area contributed by atoms with Crippen LogP contribution in [-0.2, 0) is 24.8 Å². The molecule has 1 saturated heterocycles. The second-order valence-corrected chi connectivity index (χ2v) is 16.2. The minimum absolute atomic E-state index is 0.0800. The molecule has 2 amide bonds. The summed E-state index contributed by atoms with van der Waals surface area (Å²) in [6.45, 7) is 0. The Morgan fingerprint density at radius 2 is 1.61 bits per heavy atom. The number of aromatic nitrogens is 5. The monoisotopic (exact) mass is 808 g/mol. The lowest BCUT2D eigenvalue weighted by atomic mass is 9.77. The van der Waals surface area contributed by atoms with Gasteiger partial charge in [0.05, 0.1) is 0 Å². The largest absolute Gasteiger partial charge is 0.477 e. The molecule has 56 heavy (non-hydrogen) atoms. The number of carboxylic acid groups (broad SMARTS) is 1. The Labute approximate surface area is 333 Å². The molecule has 2 fully saturated rings. The maximum Gasteiger partial charge on any atom is 0.352 e. The Kier molecular flexibility index (Phi) is 10.7. The molecule has 0 bridgehead atoms. The van der Waals surface area contributed by atoms with Crippen molar-refractivity contribution in [3.05, 3.63) is 130 Å². The summed E-state index contributed by atoms with van der Waals surface area (Å²) in [5.74, 6) is 3.77. The molecule has 0 radical (unpaired) electrons. The fourth-order valence-corrected chi connectivity index (χ4v) is 10.2. The molecule has 0 unspecified atom stereocenters. The molecule has 1 aliphatic carbocycles. The van der Waals surface area contributed by atoms with Gasteiger partial charge in [-0.2, -0.15) is 0 Å². The van der Waals surface area contributed by atoms with Gasteiger partial charge in [0.15, 0.2) is 10.8 Å². The van der Waals surface area contributed by atoms with Gasteiger partial charge in [0.2, 0.25) is 5.16 Å². The number of nitrogen functional groups attached to an aromatic ring is 1. The van der Waals surface area contributed by atoms with Gasteiger partial charge in [-0.25, -0.2) is 9.78 Å². The Balaban J connectivity index is 1.07. The zero-order valence-electron chi connectivity index (χ0n) is 29.7. The van der Waals surface area contributed by atoms with Crippen LogP contribution in [0, 0.1) is 0 Å². The van der Waals surface area contributed by atoms with Crippen LogP contribution in [-0.4, -0.2) is 87.8 Å². The Hall–Kier alpha value is -5.72. The molecule has 18 heteroatoms. The number of anilines is 1. The molecule has 2 aliphatic heterocycles. The third-order valence-corrected chi connectivity index (χ3v) is 13.0. The number of nitrogens with two attached hydrogens (primary N) is 1. The molecule has 3 aliphatic rings. The van der Waals surface area contributed by atoms with E-state index in [1.807, 2.05) is 54.6 Å². The number of tetrazole rings is 1. The number of oxime groups is 1. The summed E-state index contributed by atoms with van der Waals surface area (Å²) in [5, 5.41) is 33.9. The molecule has 15 nitrogen and oxygen atoms in total. The fraction of sp³-hybridized carbons (Fsp3) is 0.263. The molecule has 5 N–H and O–H groups in total. The van der Waals surface area contributed by atoms with Crippen LogP contribution in [0.25, 0.3) is 0 Å². The first-order valence-corrected chi connectivity index (χ1v) is 20.8. The number of thiazole rings is 1. The molecule has 8 rings (SSSR count). The zero-order valence-corrected chi connectivity index (χ0v) is 32.2. The highest BCUT2D eigenvalue weighted by Gasteiger charge is 2.54. The van der Waals surface area contributed by atoms with Crippen molar-refractivity contribution in [3.63, 3.8) is 0 Å². The number of nitrogens with one attached hydrogen (secondary N) is 2. The number of thioether (sulfide) groups is 2. The molecule has 2 atom stereocenters. The second-order valence-electron chi connectivity index (χ2n) is 13.3. The number of rotatable bonds is 14. The van der Waals surface area contributed by atoms with Crippen molar-refractivity contribution in [2.75, 3.05) is 22.7 Å². The van der Waals surface area contributed by atoms with Crippen LogP contribution in [0.3, 0.4) is 0 Å². The molecule has 3 aromatic carbocycles. The van der Waals surface area contributed by atoms with Gasteiger partial charge < -0.3 is 26.4 Å². The van der Waals surface area contributed by atoms with Gasteiger partial charge in [0.25, 0.3) is 11.8 Å². The average Bonchev–Trinajstić information content (AvgIpc) is 4.02. The highest BCUT2D eigenvalue weighted by atomic mass is 32.2. The van der Waals surface area contributed by atoms with Crippen LogP contribution in [0.5, 0.6) is 0 Å². The summed E-state index contributed by atoms with van der Waals surface area (Å²) < 4.78 is 0. The van der Waals surface area contributed by atoms with Crippen molar-refractivity contribution in [1.29, 1.82) is 0 Å². The van der Waals surface area contributed by atoms with E-state index in [1.54, 1.807) is 5.38 Å². The maximum atomic E-state index is 14.2. The smallest absolute Gasteiger partial charge is 0.352 e. The van der Waals surface area contributed by atoms with Crippen molar-refractivity contribution >= 4 is 63.5 Å². The molecule has 286 valence electrons. The number of fused-ring (bicyclic) bond motifs is 1. The number of amides is 2. The van der Waals surface area contributed by atoms with Gasteiger partial charge in [-0.1, -0.05) is 113 Å². The van der Waals surface area contributed by atoms with Crippen molar-refractivity contribution in [2.45, 2.75) is 53.9 Å². The number of β-lactam (4-membered cyclic amide) rings is 1. The molecule has 5 aromatic rings. The van der Waals surface area contributed by atoms with Gasteiger partial charge >= 0.3 is 5.97 Å². The molecule has 1 saturated carbocycles. The normalized spacial score (nSPS) is 18.7. The van der Waals surface area contributed by atoms with E-state index in [0.29, 0.717) is 21.6 Å². The van der Waals surface area contributed by atoms with E-state index in [0.717, 1.165) is 58.9 Å². The van der Waals surface area contributed by atoms with Crippen molar-refractivity contribution in [2.24, 2.45) is 5.16 Å². The van der Waals surface area contributed by atoms with E-state index < -0.39 is 34.7 Å². The minimum atomic E-state index is -1.25. The van der Waals surface area contributed by atoms with Crippen LogP contribution in [0.4, 0.5) is 5.13 Å². The van der Waals surface area contributed by atoms with Crippen molar-refractivity contribution < 1.29 is 24.3 Å². The van der Waals surface area contributed by atoms with E-state index in [4.69, 9.17) is 15.7 Å². The third-order valence-electron chi connectivity index (χ3n) is 9.85. The SMILES string of the molecule is Nn1nnnc1SCC1=C(C(=O)O)N2C(=O)[C@@H](NC(=O)/C(=N\OC3CCCC3)c3csc(NC(c4ccccc4)(c4ccccc4)c4ccccc4)n3)[C@@H]2SC1. The predicted molar refractivity (Wildman–Crippen MR) is 213 cm³/mol. The van der Waals surface area contributed by atoms with Crippen LogP contribution >= 0.6 is 34.9 Å². The van der Waals surface area contributed by atoms with E-state index >= 15 is 0 Å². The standard InChI is InChI=1S/C38H36N10O5S3/c39-48-37(43-45-46-48)56-21-23-20-54-34-30(33(50)47(34)31(23)35(51)52)41-32(49)29(44-53-27-18-10-11-19-27)28-22-55-36(40-28)42-38(24-12-4-1-5-13-24,25-14-6-2-7-15-25)26-16-8-3-9-17-26/h1-9,12-17,22,27,30,34H,10-11,18-21,39H2,(H,40,42)(H,41,49)(H,51,52)/b44-29-/t30-,34+/m1/s1. The fourth-order valence-electron chi connectivity index (χ4n) is 7.14. The summed E-state index contributed by atoms with van der Waals surface area (Å²) >= 11 is 3.83. The van der Waals surface area contributed by atoms with Crippen LogP contribution < -0.4 is 16.5 Å². The third kappa shape index (κ3) is 7.22. The first-order valence-electron chi connectivity index (χ1n) is 17.8. The average molecular weight is 809 g/mol. The highest BCUT2D eigenvalue weighted by Crippen LogP contribution is 2.43. The second kappa shape index (κ2) is 16.2. The van der Waals surface area contributed by atoms with Crippen LogP contribution in [0.15, 0.2) is 118 Å². The number of nitrogens with zero attached hydrogens (tertiary/aromatic N) is 7. The molecule has 2 aromatic heterocycles. The van der Waals surface area contributed by atoms with E-state index in [-0.39, 0.29) is 29.0 Å². The first kappa shape index (κ1) is 37.2. The van der Waals surface area contributed by atoms with Gasteiger partial charge in [-0.05, 0) is 58.4 Å². The summed E-state index contributed by atoms with van der Waals surface area (Å²) in [6, 6.07) is 29.3. The Morgan fingerprint density at radius 1 is 0.982 bits per heavy atom. The van der Waals surface area contributed by atoms with Gasteiger partial charge in [-0.3, -0.25) is 14.5 Å². The van der Waals surface area contributed by atoms with Crippen LogP contribution in [0.1, 0.15) is 48.1 Å². The summed E-state index contributed by atoms with van der Waals surface area (Å²) in [7, 11) is 0. The summed E-state index contributed by atoms with van der Waals surface area (Å²) in [6.07, 6.45) is 3.49. The zero-order chi connectivity index (χ0) is 38.6. The number of carbonyl (C=O) groups is 3. The van der Waals surface area contributed by atoms with Gasteiger partial charge in [-0.15, -0.1) is 27.9 Å². The van der Waals surface area contributed by atoms with Gasteiger partial charge in [0, 0.05) is 16.9 Å². The van der Waals surface area contributed by atoms with Crippen molar-refractivity contribution in [1.82, 2.24) is 35.5 Å². The number of carboxylic acids is 1. The Morgan fingerprint density at radius 3 is 2.18 bits per heavy atom. The summed E-state index contributed by atoms with van der Waals surface area (Å²) in [5.41, 5.74) is 2.67. The lowest BCUT2D eigenvalue weighted by Gasteiger charge is -2.49. The lowest BCUT2D eigenvalue weighted by Crippen LogP contribution is -2.71. The highest BCUT2D eigenvalue weighted by molar-refractivity contribution is 8.01. The predicted octanol–water partition coefficient (Wildman–Crippen LogP) is 4.44. The number of aliphatic carboxylic acids is 1. The molecular formula is C38H36N10O5S3. The van der Waals surface area contributed by atoms with E-state index in [1.165, 1.54) is 28.0 Å².